The van der Waals surface area contributed by atoms with Gasteiger partial charge < -0.3 is 15.0 Å². The molecule has 13 heteroatoms. The normalized spacial score (nSPS) is 21.0. The zero-order valence-electron chi connectivity index (χ0n) is 25.5. The zero-order chi connectivity index (χ0) is 31.7. The van der Waals surface area contributed by atoms with Crippen molar-refractivity contribution in [1.82, 2.24) is 19.8 Å². The maximum atomic E-state index is 14.3. The van der Waals surface area contributed by atoms with Crippen molar-refractivity contribution in [1.29, 1.82) is 0 Å². The Hall–Kier alpha value is -2.87. The number of hydrogen-bond acceptors (Lipinski definition) is 8. The minimum Gasteiger partial charge on any atom is -0.377 e. The second kappa shape index (κ2) is 11.4. The van der Waals surface area contributed by atoms with Crippen LogP contribution in [0.25, 0.3) is 10.6 Å². The summed E-state index contributed by atoms with van der Waals surface area (Å²) < 4.78 is 61.5. The third-order valence-electron chi connectivity index (χ3n) is 9.11. The predicted octanol–water partition coefficient (Wildman–Crippen LogP) is 6.35. The summed E-state index contributed by atoms with van der Waals surface area (Å²) in [5, 5.41) is 3.26. The van der Waals surface area contributed by atoms with Gasteiger partial charge in [-0.2, -0.15) is 13.2 Å². The molecule has 0 bridgehead atoms. The van der Waals surface area contributed by atoms with Gasteiger partial charge in [-0.1, -0.05) is 6.07 Å². The standard InChI is InChI=1S/C32H36F3N5O3S2/c1-31(2,43-3)17-39-9-8-19-13-24(22(18-4-5-18)12-20(19)16-39)37-30-36-15-23(32(33,34)35)27(38-30)25-14-26-28(44-25)29(41)40(21-6-7-21)10-11-45(26)42/h12-15,18,21H,4-11,16-17H2,1-3H3,(H,36,37,38). The van der Waals surface area contributed by atoms with Gasteiger partial charge in [0.15, 0.2) is 0 Å². The second-order valence-corrected chi connectivity index (χ2v) is 15.7. The molecule has 2 fully saturated rings. The molecule has 45 heavy (non-hydrogen) atoms. The third kappa shape index (κ3) is 6.28. The molecule has 0 saturated heterocycles. The minimum atomic E-state index is -4.72. The monoisotopic (exact) mass is 659 g/mol. The van der Waals surface area contributed by atoms with Crippen LogP contribution in [0.2, 0.25) is 0 Å². The Bertz CT molecular complexity index is 1680. The first-order valence-electron chi connectivity index (χ1n) is 15.4. The van der Waals surface area contributed by atoms with E-state index in [1.54, 1.807) is 12.0 Å². The molecule has 3 aromatic rings. The molecule has 1 unspecified atom stereocenters. The maximum Gasteiger partial charge on any atom is 0.420 e. The van der Waals surface area contributed by atoms with E-state index < -0.39 is 22.5 Å². The molecule has 0 spiro atoms. The molecule has 1 atom stereocenters. The van der Waals surface area contributed by atoms with E-state index in [1.807, 2.05) is 0 Å². The van der Waals surface area contributed by atoms with Crippen LogP contribution in [0.15, 0.2) is 29.3 Å². The molecule has 2 saturated carbocycles. The Morgan fingerprint density at radius 3 is 2.58 bits per heavy atom. The number of rotatable bonds is 8. The molecule has 2 aliphatic heterocycles. The number of aromatic nitrogens is 2. The van der Waals surface area contributed by atoms with Crippen LogP contribution in [0.1, 0.15) is 77.4 Å². The molecule has 7 rings (SSSR count). The van der Waals surface area contributed by atoms with Crippen molar-refractivity contribution in [3.8, 4) is 10.6 Å². The van der Waals surface area contributed by atoms with Crippen LogP contribution >= 0.6 is 11.3 Å². The number of alkyl halides is 3. The zero-order valence-corrected chi connectivity index (χ0v) is 27.1. The summed E-state index contributed by atoms with van der Waals surface area (Å²) in [6, 6.07) is 5.90. The lowest BCUT2D eigenvalue weighted by Gasteiger charge is -2.35. The van der Waals surface area contributed by atoms with Crippen molar-refractivity contribution < 1.29 is 26.9 Å². The van der Waals surface area contributed by atoms with Gasteiger partial charge in [0.05, 0.1) is 31.9 Å². The molecule has 2 aliphatic carbocycles. The number of methoxy groups -OCH3 is 1. The highest BCUT2D eigenvalue weighted by Crippen LogP contribution is 2.46. The first-order chi connectivity index (χ1) is 21.4. The van der Waals surface area contributed by atoms with Crippen LogP contribution in [0, 0.1) is 0 Å². The lowest BCUT2D eigenvalue weighted by atomic mass is 9.93. The van der Waals surface area contributed by atoms with E-state index in [4.69, 9.17) is 4.74 Å². The number of amides is 1. The number of halogens is 3. The number of anilines is 2. The number of hydrogen-bond donors (Lipinski definition) is 1. The molecule has 4 heterocycles. The summed E-state index contributed by atoms with van der Waals surface area (Å²) >= 11 is 0.934. The molecular weight excluding hydrogens is 624 g/mol. The van der Waals surface area contributed by atoms with E-state index in [1.165, 1.54) is 17.2 Å². The molecule has 8 nitrogen and oxygen atoms in total. The molecule has 4 aliphatic rings. The van der Waals surface area contributed by atoms with E-state index >= 15 is 0 Å². The first kappa shape index (κ1) is 30.8. The maximum absolute atomic E-state index is 14.3. The van der Waals surface area contributed by atoms with Gasteiger partial charge in [-0.25, -0.2) is 9.97 Å². The highest BCUT2D eigenvalue weighted by molar-refractivity contribution is 7.85. The fourth-order valence-corrected chi connectivity index (χ4v) is 8.91. The van der Waals surface area contributed by atoms with Crippen molar-refractivity contribution in [2.24, 2.45) is 0 Å². The fraction of sp³-hybridized carbons (Fsp3) is 0.531. The first-order valence-corrected chi connectivity index (χ1v) is 17.5. The minimum absolute atomic E-state index is 0.0507. The summed E-state index contributed by atoms with van der Waals surface area (Å²) in [5.41, 5.74) is 2.82. The Morgan fingerprint density at radius 2 is 1.89 bits per heavy atom. The lowest BCUT2D eigenvalue weighted by Crippen LogP contribution is -2.42. The van der Waals surface area contributed by atoms with Crippen LogP contribution in [0.3, 0.4) is 0 Å². The summed E-state index contributed by atoms with van der Waals surface area (Å²) in [6.45, 7) is 7.05. The van der Waals surface area contributed by atoms with Crippen molar-refractivity contribution >= 4 is 39.7 Å². The number of thiophene rings is 1. The van der Waals surface area contributed by atoms with E-state index in [2.05, 4.69) is 46.2 Å². The molecule has 1 aromatic carbocycles. The van der Waals surface area contributed by atoms with Gasteiger partial charge >= 0.3 is 6.18 Å². The summed E-state index contributed by atoms with van der Waals surface area (Å²) in [5.74, 6) is 0.428. The van der Waals surface area contributed by atoms with Crippen LogP contribution in [0.4, 0.5) is 24.8 Å². The number of fused-ring (bicyclic) bond motifs is 2. The Kier molecular flexibility index (Phi) is 7.81. The largest absolute Gasteiger partial charge is 0.420 e. The number of nitrogens with one attached hydrogen (secondary N) is 1. The Labute approximate surface area is 266 Å². The van der Waals surface area contributed by atoms with E-state index in [0.29, 0.717) is 12.5 Å². The van der Waals surface area contributed by atoms with Crippen LogP contribution in [-0.4, -0.2) is 74.0 Å². The topological polar surface area (TPSA) is 87.7 Å². The molecule has 1 N–H and O–H groups in total. The van der Waals surface area contributed by atoms with Gasteiger partial charge in [-0.05, 0) is 80.7 Å². The van der Waals surface area contributed by atoms with Gasteiger partial charge in [0.25, 0.3) is 5.91 Å². The van der Waals surface area contributed by atoms with Crippen molar-refractivity contribution in [2.45, 2.75) is 81.1 Å². The average Bonchev–Trinajstić information content (AvgIpc) is 3.93. The SMILES string of the molecule is COC(C)(C)CN1CCc2cc(Nc3ncc(C(F)(F)F)c(-c4cc5c(s4)C(=O)N(C4CC4)CCS5=O)n3)c(C3CC3)cc2C1. The van der Waals surface area contributed by atoms with Crippen LogP contribution in [-0.2, 0) is 34.7 Å². The fourth-order valence-electron chi connectivity index (χ4n) is 6.29. The molecular formula is C32H36F3N5O3S2. The molecule has 0 radical (unpaired) electrons. The lowest BCUT2D eigenvalue weighted by molar-refractivity contribution is -0.137. The summed E-state index contributed by atoms with van der Waals surface area (Å²) in [6.07, 6.45) is 0.815. The second-order valence-electron chi connectivity index (χ2n) is 13.1. The predicted molar refractivity (Wildman–Crippen MR) is 167 cm³/mol. The van der Waals surface area contributed by atoms with Gasteiger partial charge in [-0.3, -0.25) is 13.9 Å². The number of carbonyl (C=O) groups excluding carboxylic acids is 1. The molecule has 1 amide bonds. The van der Waals surface area contributed by atoms with Gasteiger partial charge in [0.1, 0.15) is 10.4 Å². The van der Waals surface area contributed by atoms with E-state index in [9.17, 15) is 22.2 Å². The van der Waals surface area contributed by atoms with E-state index in [-0.39, 0.29) is 49.6 Å². The molecule has 2 aromatic heterocycles. The smallest absolute Gasteiger partial charge is 0.377 e. The Morgan fingerprint density at radius 1 is 1.11 bits per heavy atom. The summed E-state index contributed by atoms with van der Waals surface area (Å²) in [7, 11) is 0.234. The van der Waals surface area contributed by atoms with Crippen molar-refractivity contribution in [3.05, 3.63) is 51.5 Å². The van der Waals surface area contributed by atoms with Crippen molar-refractivity contribution in [3.63, 3.8) is 0 Å². The van der Waals surface area contributed by atoms with Gasteiger partial charge in [-0.15, -0.1) is 11.3 Å². The quantitative estimate of drug-likeness (QED) is 0.302. The summed E-state index contributed by atoms with van der Waals surface area (Å²) in [4.78, 5) is 26.6. The number of carbonyl (C=O) groups is 1. The number of nitrogens with zero attached hydrogens (tertiary/aromatic N) is 4. The third-order valence-corrected chi connectivity index (χ3v) is 11.7. The number of benzene rings is 1. The Balaban J connectivity index is 1.22. The average molecular weight is 660 g/mol. The van der Waals surface area contributed by atoms with Crippen molar-refractivity contribution in [2.75, 3.05) is 37.8 Å². The number of ether oxygens (including phenoxy) is 1. The van der Waals surface area contributed by atoms with E-state index in [0.717, 1.165) is 80.5 Å². The highest BCUT2D eigenvalue weighted by atomic mass is 32.2. The highest BCUT2D eigenvalue weighted by Gasteiger charge is 2.40. The molecule has 240 valence electrons. The van der Waals surface area contributed by atoms with Gasteiger partial charge in [0.2, 0.25) is 5.95 Å². The van der Waals surface area contributed by atoms with Gasteiger partial charge in [0, 0.05) is 57.0 Å². The van der Waals surface area contributed by atoms with Crippen LogP contribution < -0.4 is 5.32 Å². The van der Waals surface area contributed by atoms with Crippen LogP contribution in [0.5, 0.6) is 0 Å².